The van der Waals surface area contributed by atoms with Crippen molar-refractivity contribution in [1.82, 2.24) is 4.90 Å². The van der Waals surface area contributed by atoms with E-state index in [0.717, 1.165) is 5.75 Å². The number of rotatable bonds is 3. The van der Waals surface area contributed by atoms with E-state index < -0.39 is 0 Å². The highest BCUT2D eigenvalue weighted by molar-refractivity contribution is 5.29. The van der Waals surface area contributed by atoms with E-state index in [9.17, 15) is 0 Å². The molecule has 0 fully saturated rings. The van der Waals surface area contributed by atoms with E-state index in [4.69, 9.17) is 4.74 Å². The largest absolute Gasteiger partial charge is 0.497 e. The summed E-state index contributed by atoms with van der Waals surface area (Å²) in [7, 11) is 5.70. The monoisotopic (exact) mass is 178 g/mol. The molecule has 1 rings (SSSR count). The highest BCUT2D eigenvalue weighted by atomic mass is 16.5. The molecule has 1 aromatic rings. The Kier molecular flexibility index (Phi) is 3.32. The predicted octanol–water partition coefficient (Wildman–Crippen LogP) is 2.13. The maximum absolute atomic E-state index is 5.08. The van der Waals surface area contributed by atoms with Gasteiger partial charge in [-0.15, -0.1) is 0 Å². The number of nitrogens with zero attached hydrogens (tertiary/aromatic N) is 1. The van der Waals surface area contributed by atoms with Crippen LogP contribution < -0.4 is 4.74 Å². The van der Waals surface area contributed by atoms with Crippen LogP contribution in [-0.4, -0.2) is 26.1 Å². The third-order valence-electron chi connectivity index (χ3n) is 2.12. The Hall–Kier alpha value is -1.02. The SMILES string of the molecule is [CH2]C(c1ccc(OC)cc1)N(C)C. The second kappa shape index (κ2) is 4.28. The Labute approximate surface area is 80.1 Å². The Balaban J connectivity index is 2.79. The van der Waals surface area contributed by atoms with E-state index in [2.05, 4.69) is 11.8 Å². The molecule has 1 unspecified atom stereocenters. The van der Waals surface area contributed by atoms with Crippen molar-refractivity contribution in [2.45, 2.75) is 6.04 Å². The van der Waals surface area contributed by atoms with E-state index in [1.165, 1.54) is 5.56 Å². The van der Waals surface area contributed by atoms with Crippen LogP contribution in [0.3, 0.4) is 0 Å². The standard InChI is InChI=1S/C11H16NO/c1-9(12(2)3)10-5-7-11(13-4)8-6-10/h5-9H,1H2,2-4H3. The second-order valence-electron chi connectivity index (χ2n) is 3.25. The van der Waals surface area contributed by atoms with Crippen LogP contribution in [0.2, 0.25) is 0 Å². The smallest absolute Gasteiger partial charge is 0.118 e. The molecule has 1 atom stereocenters. The van der Waals surface area contributed by atoms with E-state index in [-0.39, 0.29) is 6.04 Å². The van der Waals surface area contributed by atoms with Crippen molar-refractivity contribution in [2.24, 2.45) is 0 Å². The van der Waals surface area contributed by atoms with E-state index >= 15 is 0 Å². The highest BCUT2D eigenvalue weighted by Crippen LogP contribution is 2.19. The van der Waals surface area contributed by atoms with Gasteiger partial charge in [0.15, 0.2) is 0 Å². The fourth-order valence-corrected chi connectivity index (χ4v) is 1.12. The van der Waals surface area contributed by atoms with Crippen molar-refractivity contribution in [1.29, 1.82) is 0 Å². The first-order valence-electron chi connectivity index (χ1n) is 4.28. The van der Waals surface area contributed by atoms with Crippen LogP contribution in [-0.2, 0) is 0 Å². The van der Waals surface area contributed by atoms with Gasteiger partial charge in [-0.3, -0.25) is 0 Å². The summed E-state index contributed by atoms with van der Waals surface area (Å²) in [4.78, 5) is 2.07. The summed E-state index contributed by atoms with van der Waals surface area (Å²) in [5, 5.41) is 0. The molecule has 2 nitrogen and oxygen atoms in total. The Morgan fingerprint density at radius 2 is 1.77 bits per heavy atom. The minimum Gasteiger partial charge on any atom is -0.497 e. The van der Waals surface area contributed by atoms with Crippen molar-refractivity contribution in [3.8, 4) is 5.75 Å². The lowest BCUT2D eigenvalue weighted by Crippen LogP contribution is -2.16. The van der Waals surface area contributed by atoms with Gasteiger partial charge in [0.05, 0.1) is 7.11 Å². The van der Waals surface area contributed by atoms with Crippen molar-refractivity contribution in [3.63, 3.8) is 0 Å². The maximum atomic E-state index is 5.08. The van der Waals surface area contributed by atoms with Crippen molar-refractivity contribution in [3.05, 3.63) is 36.8 Å². The zero-order valence-electron chi connectivity index (χ0n) is 8.45. The fraction of sp³-hybridized carbons (Fsp3) is 0.364. The molecule has 0 aliphatic heterocycles. The van der Waals surface area contributed by atoms with Crippen LogP contribution in [0.1, 0.15) is 11.6 Å². The lowest BCUT2D eigenvalue weighted by molar-refractivity contribution is 0.348. The summed E-state index contributed by atoms with van der Waals surface area (Å²) in [6.45, 7) is 4.05. The number of ether oxygens (including phenoxy) is 1. The zero-order valence-corrected chi connectivity index (χ0v) is 8.45. The van der Waals surface area contributed by atoms with Gasteiger partial charge in [0.25, 0.3) is 0 Å². The number of benzene rings is 1. The predicted molar refractivity (Wildman–Crippen MR) is 54.8 cm³/mol. The molecule has 0 aliphatic rings. The fourth-order valence-electron chi connectivity index (χ4n) is 1.12. The molecule has 0 bridgehead atoms. The molecule has 0 aliphatic carbocycles. The Morgan fingerprint density at radius 3 is 2.15 bits per heavy atom. The lowest BCUT2D eigenvalue weighted by Gasteiger charge is -2.19. The summed E-state index contributed by atoms with van der Waals surface area (Å²) >= 11 is 0. The number of methoxy groups -OCH3 is 1. The van der Waals surface area contributed by atoms with E-state index in [1.54, 1.807) is 7.11 Å². The van der Waals surface area contributed by atoms with Gasteiger partial charge in [-0.2, -0.15) is 0 Å². The minimum atomic E-state index is 0.200. The zero-order chi connectivity index (χ0) is 9.84. The summed E-state index contributed by atoms with van der Waals surface area (Å²) in [5.74, 6) is 0.884. The Morgan fingerprint density at radius 1 is 1.23 bits per heavy atom. The summed E-state index contributed by atoms with van der Waals surface area (Å²) in [6, 6.07) is 8.19. The van der Waals surface area contributed by atoms with Gasteiger partial charge < -0.3 is 9.64 Å². The summed E-state index contributed by atoms with van der Waals surface area (Å²) < 4.78 is 5.08. The number of hydrogen-bond donors (Lipinski definition) is 0. The lowest BCUT2D eigenvalue weighted by atomic mass is 10.1. The second-order valence-corrected chi connectivity index (χ2v) is 3.25. The molecular formula is C11H16NO. The van der Waals surface area contributed by atoms with E-state index in [1.807, 2.05) is 38.4 Å². The first kappa shape index (κ1) is 10.1. The molecule has 1 radical (unpaired) electrons. The molecule has 0 saturated carbocycles. The molecule has 0 aromatic heterocycles. The molecule has 0 heterocycles. The van der Waals surface area contributed by atoms with Gasteiger partial charge >= 0.3 is 0 Å². The van der Waals surface area contributed by atoms with Gasteiger partial charge in [-0.25, -0.2) is 0 Å². The number of hydrogen-bond acceptors (Lipinski definition) is 2. The van der Waals surface area contributed by atoms with Gasteiger partial charge in [0, 0.05) is 6.04 Å². The van der Waals surface area contributed by atoms with Gasteiger partial charge in [0.2, 0.25) is 0 Å². The molecular weight excluding hydrogens is 162 g/mol. The van der Waals surface area contributed by atoms with Crippen LogP contribution in [0.25, 0.3) is 0 Å². The molecule has 1 aromatic carbocycles. The van der Waals surface area contributed by atoms with Gasteiger partial charge in [-0.05, 0) is 38.7 Å². The molecule has 0 N–H and O–H groups in total. The van der Waals surface area contributed by atoms with E-state index in [0.29, 0.717) is 0 Å². The van der Waals surface area contributed by atoms with Crippen molar-refractivity contribution >= 4 is 0 Å². The molecule has 2 heteroatoms. The maximum Gasteiger partial charge on any atom is 0.118 e. The van der Waals surface area contributed by atoms with Gasteiger partial charge in [0.1, 0.15) is 5.75 Å². The van der Waals surface area contributed by atoms with Crippen LogP contribution in [0, 0.1) is 6.92 Å². The topological polar surface area (TPSA) is 12.5 Å². The average Bonchev–Trinajstić information content (AvgIpc) is 2.17. The first-order chi connectivity index (χ1) is 6.15. The van der Waals surface area contributed by atoms with Crippen LogP contribution in [0.5, 0.6) is 5.75 Å². The molecule has 0 amide bonds. The third kappa shape index (κ3) is 2.46. The van der Waals surface area contributed by atoms with Crippen molar-refractivity contribution in [2.75, 3.05) is 21.2 Å². The summed E-state index contributed by atoms with van der Waals surface area (Å²) in [6.07, 6.45) is 0. The highest BCUT2D eigenvalue weighted by Gasteiger charge is 2.06. The quantitative estimate of drug-likeness (QED) is 0.703. The van der Waals surface area contributed by atoms with Crippen LogP contribution in [0.4, 0.5) is 0 Å². The molecule has 13 heavy (non-hydrogen) atoms. The average molecular weight is 178 g/mol. The Bertz CT molecular complexity index is 253. The van der Waals surface area contributed by atoms with Crippen LogP contribution in [0.15, 0.2) is 24.3 Å². The third-order valence-corrected chi connectivity index (χ3v) is 2.12. The molecule has 0 spiro atoms. The van der Waals surface area contributed by atoms with Crippen LogP contribution >= 0.6 is 0 Å². The normalized spacial score (nSPS) is 13.0. The summed E-state index contributed by atoms with van der Waals surface area (Å²) in [5.41, 5.74) is 1.20. The molecule has 0 saturated heterocycles. The first-order valence-corrected chi connectivity index (χ1v) is 4.28. The van der Waals surface area contributed by atoms with Gasteiger partial charge in [-0.1, -0.05) is 12.1 Å². The van der Waals surface area contributed by atoms with Crippen molar-refractivity contribution < 1.29 is 4.74 Å². The minimum absolute atomic E-state index is 0.200. The molecule has 71 valence electrons.